The van der Waals surface area contributed by atoms with Crippen LogP contribution in [0.4, 0.5) is 0 Å². The average molecular weight is 762 g/mol. The molecule has 0 fully saturated rings. The zero-order valence-corrected chi connectivity index (χ0v) is 28.9. The SMILES string of the molecule is CC1(C)c2cccc3cc4c5cc6ccccc6[c-]c5c5nccc1c5n4c23.CCC(CC)C(=O)/C=C(\O)C(CC)CC.[Ir]. The summed E-state index contributed by atoms with van der Waals surface area (Å²) < 4.78 is 2.44. The van der Waals surface area contributed by atoms with E-state index in [0.717, 1.165) is 42.0 Å². The predicted molar refractivity (Wildman–Crippen MR) is 180 cm³/mol. The maximum absolute atomic E-state index is 11.7. The van der Waals surface area contributed by atoms with Gasteiger partial charge in [0.05, 0.1) is 11.3 Å². The number of nitrogens with zero attached hydrogens (tertiary/aromatic N) is 2. The molecule has 1 N–H and O–H groups in total. The van der Waals surface area contributed by atoms with Crippen molar-refractivity contribution in [3.63, 3.8) is 0 Å². The quantitative estimate of drug-likeness (QED) is 0.0580. The number of hydrogen-bond donors (Lipinski definition) is 1. The first-order chi connectivity index (χ1) is 20.7. The largest absolute Gasteiger partial charge is 0.512 e. The Bertz CT molecular complexity index is 2040. The van der Waals surface area contributed by atoms with Crippen molar-refractivity contribution in [2.75, 3.05) is 0 Å². The van der Waals surface area contributed by atoms with E-state index in [4.69, 9.17) is 4.98 Å². The smallest absolute Gasteiger partial charge is 0.162 e. The van der Waals surface area contributed by atoms with Crippen LogP contribution in [-0.4, -0.2) is 20.3 Å². The summed E-state index contributed by atoms with van der Waals surface area (Å²) in [5.74, 6) is 0.547. The summed E-state index contributed by atoms with van der Waals surface area (Å²) in [6.07, 6.45) is 6.87. The molecule has 1 radical (unpaired) electrons. The van der Waals surface area contributed by atoms with E-state index >= 15 is 0 Å². The number of aliphatic hydroxyl groups excluding tert-OH is 1. The second-order valence-electron chi connectivity index (χ2n) is 12.4. The van der Waals surface area contributed by atoms with Crippen molar-refractivity contribution in [2.45, 2.75) is 72.6 Å². The van der Waals surface area contributed by atoms with Gasteiger partial charge in [0.25, 0.3) is 0 Å². The molecule has 0 bridgehead atoms. The number of fused-ring (bicyclic) bond motifs is 4. The molecular formula is C39H41IrN2O2-. The number of hydrogen-bond acceptors (Lipinski definition) is 3. The molecule has 6 aromatic rings. The Hall–Kier alpha value is -3.53. The van der Waals surface area contributed by atoms with Gasteiger partial charge in [0.2, 0.25) is 0 Å². The first-order valence-electron chi connectivity index (χ1n) is 15.8. The standard InChI is InChI=1S/C26H17N2.C13H24O2.Ir/c1-26(2)20-9-5-8-17-14-22-18-12-15-6-3-4-7-16(15)13-19(18)23-25(28(22)24(17)20)21(26)10-11-27-23;1-5-10(6-2)12(14)9-13(15)11(7-3)8-4;/h3-12,14H,1-2H3;9-11,14H,5-8H2,1-4H3;/q-1;;/b;12-9-;. The van der Waals surface area contributed by atoms with E-state index in [-0.39, 0.29) is 48.9 Å². The molecule has 229 valence electrons. The van der Waals surface area contributed by atoms with E-state index in [9.17, 15) is 9.90 Å². The first kappa shape index (κ1) is 31.9. The minimum absolute atomic E-state index is 0. The molecule has 4 nitrogen and oxygen atoms in total. The average Bonchev–Trinajstić information content (AvgIpc) is 3.41. The summed E-state index contributed by atoms with van der Waals surface area (Å²) in [7, 11) is 0. The molecular weight excluding hydrogens is 721 g/mol. The fraction of sp³-hybridized carbons (Fsp3) is 0.333. The predicted octanol–water partition coefficient (Wildman–Crippen LogP) is 10.3. The number of carbonyl (C=O) groups excluding carboxylic acids is 1. The van der Waals surface area contributed by atoms with Crippen molar-refractivity contribution in [3.05, 3.63) is 95.9 Å². The number of aromatic nitrogens is 2. The minimum atomic E-state index is -0.0630. The van der Waals surface area contributed by atoms with Crippen molar-refractivity contribution in [1.29, 1.82) is 0 Å². The van der Waals surface area contributed by atoms with Gasteiger partial charge in [-0.2, -0.15) is 0 Å². The number of benzene rings is 3. The third-order valence-electron chi connectivity index (χ3n) is 9.70. The van der Waals surface area contributed by atoms with Gasteiger partial charge >= 0.3 is 0 Å². The number of pyridine rings is 2. The van der Waals surface area contributed by atoms with Crippen molar-refractivity contribution in [2.24, 2.45) is 11.8 Å². The molecule has 44 heavy (non-hydrogen) atoms. The summed E-state index contributed by atoms with van der Waals surface area (Å²) in [6.45, 7) is 12.7. The Labute approximate surface area is 273 Å². The Morgan fingerprint density at radius 1 is 0.886 bits per heavy atom. The van der Waals surface area contributed by atoms with Gasteiger partial charge in [-0.25, -0.2) is 0 Å². The van der Waals surface area contributed by atoms with Gasteiger partial charge < -0.3 is 9.51 Å². The zero-order valence-electron chi connectivity index (χ0n) is 26.5. The van der Waals surface area contributed by atoms with Crippen LogP contribution in [0.25, 0.3) is 49.0 Å². The van der Waals surface area contributed by atoms with Crippen LogP contribution in [0.2, 0.25) is 0 Å². The van der Waals surface area contributed by atoms with Crippen molar-refractivity contribution in [3.8, 4) is 0 Å². The number of carbonyl (C=O) groups is 1. The topological polar surface area (TPSA) is 54.6 Å². The van der Waals surface area contributed by atoms with Crippen molar-refractivity contribution < 1.29 is 30.0 Å². The summed E-state index contributed by atoms with van der Waals surface area (Å²) in [5.41, 5.74) is 7.50. The maximum atomic E-state index is 11.7. The molecule has 5 heteroatoms. The fourth-order valence-electron chi connectivity index (χ4n) is 7.04. The Balaban J connectivity index is 0.000000209. The van der Waals surface area contributed by atoms with Gasteiger partial charge in [0.15, 0.2) is 5.78 Å². The number of allylic oxidation sites excluding steroid dienone is 2. The zero-order chi connectivity index (χ0) is 30.5. The molecule has 4 heterocycles. The van der Waals surface area contributed by atoms with Crippen LogP contribution in [-0.2, 0) is 30.3 Å². The number of aliphatic hydroxyl groups is 1. The molecule has 0 atom stereocenters. The third-order valence-corrected chi connectivity index (χ3v) is 9.70. The second kappa shape index (κ2) is 12.5. The van der Waals surface area contributed by atoms with E-state index in [1.807, 2.05) is 33.9 Å². The van der Waals surface area contributed by atoms with Gasteiger partial charge in [0, 0.05) is 71.6 Å². The van der Waals surface area contributed by atoms with Crippen LogP contribution in [0.3, 0.4) is 0 Å². The second-order valence-corrected chi connectivity index (χ2v) is 12.4. The van der Waals surface area contributed by atoms with Gasteiger partial charge in [-0.3, -0.25) is 9.78 Å². The summed E-state index contributed by atoms with van der Waals surface area (Å²) >= 11 is 0. The number of rotatable bonds is 7. The van der Waals surface area contributed by atoms with E-state index in [1.54, 1.807) is 0 Å². The Kier molecular flexibility index (Phi) is 9.03. The fourth-order valence-corrected chi connectivity index (χ4v) is 7.04. The monoisotopic (exact) mass is 762 g/mol. The van der Waals surface area contributed by atoms with Crippen molar-refractivity contribution in [1.82, 2.24) is 9.38 Å². The van der Waals surface area contributed by atoms with Crippen LogP contribution >= 0.6 is 0 Å². The Morgan fingerprint density at radius 3 is 2.25 bits per heavy atom. The molecule has 7 rings (SSSR count). The van der Waals surface area contributed by atoms with Crippen molar-refractivity contribution >= 4 is 54.8 Å². The van der Waals surface area contributed by atoms with Gasteiger partial charge in [-0.1, -0.05) is 94.1 Å². The molecule has 1 aliphatic rings. The summed E-state index contributed by atoms with van der Waals surface area (Å²) in [5, 5.41) is 15.7. The van der Waals surface area contributed by atoms with Crippen LogP contribution < -0.4 is 0 Å². The van der Waals surface area contributed by atoms with Gasteiger partial charge in [-0.05, 0) is 48.9 Å². The minimum Gasteiger partial charge on any atom is -0.512 e. The number of para-hydroxylation sites is 1. The van der Waals surface area contributed by atoms with Crippen LogP contribution in [0.15, 0.2) is 78.7 Å². The molecule has 0 saturated heterocycles. The molecule has 3 aromatic heterocycles. The maximum Gasteiger partial charge on any atom is 0.162 e. The van der Waals surface area contributed by atoms with Gasteiger partial charge in [-0.15, -0.1) is 23.6 Å². The molecule has 0 aliphatic carbocycles. The molecule has 0 spiro atoms. The van der Waals surface area contributed by atoms with E-state index in [1.165, 1.54) is 49.9 Å². The van der Waals surface area contributed by atoms with E-state index in [2.05, 4.69) is 85.0 Å². The third kappa shape index (κ3) is 5.04. The Morgan fingerprint density at radius 2 is 1.55 bits per heavy atom. The summed E-state index contributed by atoms with van der Waals surface area (Å²) in [6, 6.07) is 25.7. The molecule has 0 unspecified atom stereocenters. The molecule has 3 aromatic carbocycles. The summed E-state index contributed by atoms with van der Waals surface area (Å²) in [4.78, 5) is 16.6. The van der Waals surface area contributed by atoms with E-state index < -0.39 is 0 Å². The van der Waals surface area contributed by atoms with Crippen LogP contribution in [0.5, 0.6) is 0 Å². The van der Waals surface area contributed by atoms with Crippen LogP contribution in [0.1, 0.15) is 78.4 Å². The normalized spacial score (nSPS) is 13.9. The van der Waals surface area contributed by atoms with Gasteiger partial charge in [0.1, 0.15) is 0 Å². The number of ketones is 1. The van der Waals surface area contributed by atoms with Crippen LogP contribution in [0, 0.1) is 17.9 Å². The molecule has 0 saturated carbocycles. The van der Waals surface area contributed by atoms with E-state index in [0.29, 0.717) is 0 Å². The molecule has 0 amide bonds. The molecule has 1 aliphatic heterocycles. The first-order valence-corrected chi connectivity index (χ1v) is 15.8.